The highest BCUT2D eigenvalue weighted by Crippen LogP contribution is 1.98. The summed E-state index contributed by atoms with van der Waals surface area (Å²) in [5.74, 6) is 4.19. The van der Waals surface area contributed by atoms with Gasteiger partial charge in [-0.25, -0.2) is 0 Å². The van der Waals surface area contributed by atoms with Gasteiger partial charge in [-0.1, -0.05) is 38.6 Å². The summed E-state index contributed by atoms with van der Waals surface area (Å²) < 4.78 is 0. The van der Waals surface area contributed by atoms with Crippen LogP contribution in [0.4, 0.5) is 0 Å². The van der Waals surface area contributed by atoms with Gasteiger partial charge in [-0.05, 0) is 11.6 Å². The van der Waals surface area contributed by atoms with E-state index in [0.29, 0.717) is 0 Å². The summed E-state index contributed by atoms with van der Waals surface area (Å²) in [6.07, 6.45) is 10.2. The van der Waals surface area contributed by atoms with Crippen LogP contribution in [-0.2, 0) is 0 Å². The second-order valence-corrected chi connectivity index (χ2v) is 2.30. The van der Waals surface area contributed by atoms with Crippen molar-refractivity contribution in [1.29, 1.82) is 0 Å². The molecule has 0 unspecified atom stereocenters. The lowest BCUT2D eigenvalue weighted by Gasteiger charge is -1.76. The molecule has 0 aromatic rings. The van der Waals surface area contributed by atoms with Gasteiger partial charge in [-0.3, -0.25) is 0 Å². The number of hydrogen-bond acceptors (Lipinski definition) is 0. The lowest BCUT2D eigenvalue weighted by molar-refractivity contribution is 1.95. The van der Waals surface area contributed by atoms with Gasteiger partial charge in [0, 0.05) is 0 Å². The SMILES string of the molecule is C1=CC=CP=CC=C1. The summed E-state index contributed by atoms with van der Waals surface area (Å²) in [6.45, 7) is 0. The first kappa shape index (κ1) is 5.53. The number of hydrogen-bond donors (Lipinski definition) is 0. The zero-order chi connectivity index (χ0) is 5.66. The van der Waals surface area contributed by atoms with E-state index in [1.807, 2.05) is 30.4 Å². The van der Waals surface area contributed by atoms with E-state index in [4.69, 9.17) is 0 Å². The largest absolute Gasteiger partial charge is 0.0765 e. The maximum absolute atomic E-state index is 2.10. The van der Waals surface area contributed by atoms with Gasteiger partial charge >= 0.3 is 0 Å². The Balaban J connectivity index is 2.67. The van der Waals surface area contributed by atoms with Crippen molar-refractivity contribution >= 4 is 14.0 Å². The Labute approximate surface area is 51.0 Å². The molecule has 0 saturated heterocycles. The molecule has 0 atom stereocenters. The fourth-order valence-electron chi connectivity index (χ4n) is 0.441. The second kappa shape index (κ2) is 3.40. The minimum Gasteiger partial charge on any atom is -0.0765 e. The smallest absolute Gasteiger partial charge is 0.0347 e. The zero-order valence-corrected chi connectivity index (χ0v) is 5.38. The maximum atomic E-state index is 2.10. The molecule has 0 radical (unpaired) electrons. The van der Waals surface area contributed by atoms with Crippen LogP contribution < -0.4 is 0 Å². The van der Waals surface area contributed by atoms with Crippen molar-refractivity contribution in [2.24, 2.45) is 0 Å². The molecular weight excluding hydrogens is 115 g/mol. The van der Waals surface area contributed by atoms with Crippen molar-refractivity contribution in [1.82, 2.24) is 0 Å². The fraction of sp³-hybridized carbons (Fsp3) is 0. The third-order valence-electron chi connectivity index (χ3n) is 0.789. The van der Waals surface area contributed by atoms with E-state index in [1.54, 1.807) is 0 Å². The van der Waals surface area contributed by atoms with Gasteiger partial charge in [-0.15, -0.1) is 0 Å². The molecule has 0 nitrogen and oxygen atoms in total. The van der Waals surface area contributed by atoms with Gasteiger partial charge in [0.2, 0.25) is 0 Å². The van der Waals surface area contributed by atoms with E-state index in [9.17, 15) is 0 Å². The molecule has 0 fully saturated rings. The monoisotopic (exact) mass is 122 g/mol. The van der Waals surface area contributed by atoms with Crippen molar-refractivity contribution in [3.63, 3.8) is 0 Å². The Hall–Kier alpha value is -0.610. The van der Waals surface area contributed by atoms with Crippen LogP contribution in [-0.4, -0.2) is 5.80 Å². The van der Waals surface area contributed by atoms with Gasteiger partial charge in [0.25, 0.3) is 0 Å². The molecule has 0 aromatic heterocycles. The minimum atomic E-state index is 1.27. The van der Waals surface area contributed by atoms with Crippen molar-refractivity contribution in [2.45, 2.75) is 0 Å². The molecule has 40 valence electrons. The fourth-order valence-corrected chi connectivity index (χ4v) is 0.938. The Kier molecular flexibility index (Phi) is 2.35. The Morgan fingerprint density at radius 1 is 0.750 bits per heavy atom. The second-order valence-electron chi connectivity index (χ2n) is 1.41. The highest BCUT2D eigenvalue weighted by atomic mass is 31.1. The molecule has 1 aliphatic heterocycles. The average molecular weight is 122 g/mol. The molecule has 0 amide bonds. The molecule has 1 heterocycles. The minimum absolute atomic E-state index is 1.27. The average Bonchev–Trinajstić information content (AvgIpc) is 1.62. The predicted molar refractivity (Wildman–Crippen MR) is 40.4 cm³/mol. The molecule has 1 heteroatoms. The van der Waals surface area contributed by atoms with Crippen LogP contribution in [0.5, 0.6) is 0 Å². The molecule has 0 aromatic carbocycles. The zero-order valence-electron chi connectivity index (χ0n) is 4.49. The molecule has 0 saturated carbocycles. The quantitative estimate of drug-likeness (QED) is 0.433. The molecule has 1 aliphatic rings. The highest BCUT2D eigenvalue weighted by Gasteiger charge is 1.66. The first-order valence-electron chi connectivity index (χ1n) is 2.52. The Bertz CT molecular complexity index is 105. The summed E-state index contributed by atoms with van der Waals surface area (Å²) in [5.41, 5.74) is 0. The third-order valence-corrected chi connectivity index (χ3v) is 1.48. The van der Waals surface area contributed by atoms with E-state index in [1.165, 1.54) is 8.20 Å². The van der Waals surface area contributed by atoms with Crippen molar-refractivity contribution in [2.75, 3.05) is 0 Å². The number of rotatable bonds is 0. The molecule has 0 spiro atoms. The van der Waals surface area contributed by atoms with E-state index >= 15 is 0 Å². The van der Waals surface area contributed by atoms with E-state index in [-0.39, 0.29) is 0 Å². The molecule has 0 aliphatic carbocycles. The molecule has 0 bridgehead atoms. The van der Waals surface area contributed by atoms with Crippen LogP contribution in [0.15, 0.2) is 36.2 Å². The van der Waals surface area contributed by atoms with Gasteiger partial charge in [0.15, 0.2) is 0 Å². The van der Waals surface area contributed by atoms with E-state index < -0.39 is 0 Å². The van der Waals surface area contributed by atoms with Gasteiger partial charge < -0.3 is 0 Å². The van der Waals surface area contributed by atoms with E-state index in [0.717, 1.165) is 0 Å². The summed E-state index contributed by atoms with van der Waals surface area (Å²) in [5, 5.41) is 0. The van der Waals surface area contributed by atoms with Gasteiger partial charge in [-0.2, -0.15) is 0 Å². The molecular formula is C7H7P. The molecule has 8 heavy (non-hydrogen) atoms. The van der Waals surface area contributed by atoms with Crippen molar-refractivity contribution in [3.8, 4) is 0 Å². The van der Waals surface area contributed by atoms with Crippen LogP contribution in [0.3, 0.4) is 0 Å². The van der Waals surface area contributed by atoms with Gasteiger partial charge in [0.05, 0.1) is 0 Å². The normalized spacial score (nSPS) is 18.0. The van der Waals surface area contributed by atoms with E-state index in [2.05, 4.69) is 11.6 Å². The van der Waals surface area contributed by atoms with Crippen molar-refractivity contribution in [3.05, 3.63) is 36.2 Å². The number of allylic oxidation sites excluding steroid dienone is 5. The molecule has 0 N–H and O–H groups in total. The van der Waals surface area contributed by atoms with Crippen LogP contribution in [0.25, 0.3) is 0 Å². The summed E-state index contributed by atoms with van der Waals surface area (Å²) in [4.78, 5) is 0. The lowest BCUT2D eigenvalue weighted by atomic mass is 10.4. The topological polar surface area (TPSA) is 0 Å². The van der Waals surface area contributed by atoms with Gasteiger partial charge in [0.1, 0.15) is 0 Å². The van der Waals surface area contributed by atoms with Crippen molar-refractivity contribution < 1.29 is 0 Å². The van der Waals surface area contributed by atoms with Crippen LogP contribution in [0, 0.1) is 0 Å². The standard InChI is InChI=1S/C7H7P/c1-2-4-6-8-7-5-3-1/h1-7H. The van der Waals surface area contributed by atoms with Crippen LogP contribution in [0.2, 0.25) is 0 Å². The van der Waals surface area contributed by atoms with Crippen LogP contribution in [0.1, 0.15) is 0 Å². The molecule has 1 rings (SSSR count). The first-order valence-corrected chi connectivity index (χ1v) is 3.55. The predicted octanol–water partition coefficient (Wildman–Crippen LogP) is 2.37. The van der Waals surface area contributed by atoms with Crippen LogP contribution >= 0.6 is 8.20 Å². The maximum Gasteiger partial charge on any atom is -0.0347 e. The first-order chi connectivity index (χ1) is 4.00. The summed E-state index contributed by atoms with van der Waals surface area (Å²) >= 11 is 0. The highest BCUT2D eigenvalue weighted by molar-refractivity contribution is 7.42. The third kappa shape index (κ3) is 1.90. The Morgan fingerprint density at radius 2 is 1.50 bits per heavy atom. The lowest BCUT2D eigenvalue weighted by Crippen LogP contribution is -1.56. The summed E-state index contributed by atoms with van der Waals surface area (Å²) in [7, 11) is 1.27. The Morgan fingerprint density at radius 3 is 2.50 bits per heavy atom. The summed E-state index contributed by atoms with van der Waals surface area (Å²) in [6, 6.07) is 0.